The molecule has 0 radical (unpaired) electrons. The Labute approximate surface area is 192 Å². The van der Waals surface area contributed by atoms with Gasteiger partial charge in [0.1, 0.15) is 22.9 Å². The van der Waals surface area contributed by atoms with Crippen LogP contribution >= 0.6 is 0 Å². The van der Waals surface area contributed by atoms with E-state index in [0.717, 1.165) is 53.2 Å². The molecule has 2 aliphatic rings. The van der Waals surface area contributed by atoms with Crippen LogP contribution in [0, 0.1) is 12.7 Å². The lowest BCUT2D eigenvalue weighted by atomic mass is 9.88. The minimum atomic E-state index is -0.927. The van der Waals surface area contributed by atoms with Gasteiger partial charge in [-0.2, -0.15) is 4.99 Å². The van der Waals surface area contributed by atoms with E-state index in [0.29, 0.717) is 5.84 Å². The first-order valence-corrected chi connectivity index (χ1v) is 11.0. The maximum absolute atomic E-state index is 13.5. The van der Waals surface area contributed by atoms with E-state index in [4.69, 9.17) is 4.74 Å². The number of hydrogen-bond donors (Lipinski definition) is 0. The lowest BCUT2D eigenvalue weighted by Gasteiger charge is -2.39. The molecule has 1 amide bonds. The van der Waals surface area contributed by atoms with Crippen molar-refractivity contribution in [1.82, 2.24) is 14.5 Å². The van der Waals surface area contributed by atoms with E-state index in [1.54, 1.807) is 25.6 Å². The fourth-order valence-corrected chi connectivity index (χ4v) is 4.65. The second-order valence-corrected chi connectivity index (χ2v) is 8.60. The van der Waals surface area contributed by atoms with Crippen LogP contribution in [-0.2, 0) is 10.3 Å². The summed E-state index contributed by atoms with van der Waals surface area (Å²) >= 11 is 0. The highest BCUT2D eigenvalue weighted by Crippen LogP contribution is 2.40. The maximum atomic E-state index is 13.5. The van der Waals surface area contributed by atoms with Crippen molar-refractivity contribution in [3.63, 3.8) is 0 Å². The molecule has 1 atom stereocenters. The van der Waals surface area contributed by atoms with Crippen LogP contribution in [-0.4, -0.2) is 39.8 Å². The van der Waals surface area contributed by atoms with Gasteiger partial charge in [0.2, 0.25) is 0 Å². The Balaban J connectivity index is 1.49. The summed E-state index contributed by atoms with van der Waals surface area (Å²) in [5.74, 6) is 0.887. The van der Waals surface area contributed by atoms with Crippen LogP contribution in [0.1, 0.15) is 36.6 Å². The molecule has 0 bridgehead atoms. The average Bonchev–Trinajstić information content (AvgIpc) is 3.36. The molecule has 1 unspecified atom stereocenters. The van der Waals surface area contributed by atoms with Gasteiger partial charge in [-0.25, -0.2) is 9.37 Å². The molecule has 3 heterocycles. The summed E-state index contributed by atoms with van der Waals surface area (Å²) in [7, 11) is 1.65. The third-order valence-corrected chi connectivity index (χ3v) is 6.48. The summed E-state index contributed by atoms with van der Waals surface area (Å²) in [4.78, 5) is 23.9. The Bertz CT molecular complexity index is 1290. The first-order valence-electron chi connectivity index (χ1n) is 11.0. The van der Waals surface area contributed by atoms with Crippen molar-refractivity contribution in [2.45, 2.75) is 32.2 Å². The zero-order chi connectivity index (χ0) is 23.2. The van der Waals surface area contributed by atoms with Gasteiger partial charge in [-0.05, 0) is 73.7 Å². The van der Waals surface area contributed by atoms with Gasteiger partial charge in [-0.15, -0.1) is 0 Å². The molecule has 2 aromatic carbocycles. The lowest BCUT2D eigenvalue weighted by molar-refractivity contribution is -0.125. The number of amidine groups is 1. The molecule has 1 aromatic heterocycles. The summed E-state index contributed by atoms with van der Waals surface area (Å²) in [6, 6.07) is 12.1. The molecule has 0 N–H and O–H groups in total. The SMILES string of the molecule is COc1cc(/C=C2/CCCN3C2=NC(=O)C3(C)c2ccc(F)cc2)ccc1-n1cnc(C)c1. The van der Waals surface area contributed by atoms with E-state index in [9.17, 15) is 9.18 Å². The van der Waals surface area contributed by atoms with Crippen molar-refractivity contribution in [2.24, 2.45) is 4.99 Å². The van der Waals surface area contributed by atoms with Gasteiger partial charge in [0.15, 0.2) is 0 Å². The summed E-state index contributed by atoms with van der Waals surface area (Å²) < 4.78 is 21.1. The first-order chi connectivity index (χ1) is 15.9. The number of nitrogens with zero attached hydrogens (tertiary/aromatic N) is 4. The number of rotatable bonds is 4. The highest BCUT2D eigenvalue weighted by molar-refractivity contribution is 6.15. The van der Waals surface area contributed by atoms with E-state index in [1.807, 2.05) is 42.8 Å². The van der Waals surface area contributed by atoms with Crippen molar-refractivity contribution in [3.8, 4) is 11.4 Å². The number of halogens is 1. The minimum Gasteiger partial charge on any atom is -0.495 e. The number of hydrogen-bond acceptors (Lipinski definition) is 4. The second-order valence-electron chi connectivity index (χ2n) is 8.60. The van der Waals surface area contributed by atoms with Gasteiger partial charge in [0.25, 0.3) is 5.91 Å². The number of methoxy groups -OCH3 is 1. The van der Waals surface area contributed by atoms with Gasteiger partial charge in [-0.3, -0.25) is 4.79 Å². The van der Waals surface area contributed by atoms with E-state index < -0.39 is 5.54 Å². The summed E-state index contributed by atoms with van der Waals surface area (Å²) in [6.07, 6.45) is 7.51. The third kappa shape index (κ3) is 3.53. The Morgan fingerprint density at radius 3 is 2.67 bits per heavy atom. The molecule has 0 spiro atoms. The monoisotopic (exact) mass is 444 g/mol. The fourth-order valence-electron chi connectivity index (χ4n) is 4.65. The van der Waals surface area contributed by atoms with E-state index in [2.05, 4.69) is 21.0 Å². The average molecular weight is 445 g/mol. The van der Waals surface area contributed by atoms with Crippen molar-refractivity contribution in [3.05, 3.63) is 83.2 Å². The predicted molar refractivity (Wildman–Crippen MR) is 125 cm³/mol. The van der Waals surface area contributed by atoms with Crippen LogP contribution in [0.15, 0.2) is 65.6 Å². The van der Waals surface area contributed by atoms with Crippen LogP contribution in [0.5, 0.6) is 5.75 Å². The molecule has 0 aliphatic carbocycles. The number of aryl methyl sites for hydroxylation is 1. The van der Waals surface area contributed by atoms with E-state index in [1.165, 1.54) is 12.1 Å². The van der Waals surface area contributed by atoms with Gasteiger partial charge in [0.05, 0.1) is 24.8 Å². The number of carbonyl (C=O) groups is 1. The van der Waals surface area contributed by atoms with Crippen molar-refractivity contribution >= 4 is 17.8 Å². The largest absolute Gasteiger partial charge is 0.495 e. The lowest BCUT2D eigenvalue weighted by Crippen LogP contribution is -2.49. The molecular formula is C26H25FN4O2. The molecule has 1 saturated heterocycles. The number of aliphatic imine (C=N–C) groups is 1. The molecular weight excluding hydrogens is 419 g/mol. The highest BCUT2D eigenvalue weighted by atomic mass is 19.1. The van der Waals surface area contributed by atoms with Gasteiger partial charge in [0, 0.05) is 12.7 Å². The zero-order valence-electron chi connectivity index (χ0n) is 18.9. The summed E-state index contributed by atoms with van der Waals surface area (Å²) in [6.45, 7) is 4.53. The molecule has 2 aliphatic heterocycles. The van der Waals surface area contributed by atoms with Crippen molar-refractivity contribution in [2.75, 3.05) is 13.7 Å². The summed E-state index contributed by atoms with van der Waals surface area (Å²) in [5, 5.41) is 0. The molecule has 5 rings (SSSR count). The molecule has 168 valence electrons. The van der Waals surface area contributed by atoms with Gasteiger partial charge < -0.3 is 14.2 Å². The number of amides is 1. The second kappa shape index (κ2) is 7.99. The Kier molecular flexibility index (Phi) is 5.12. The molecule has 3 aromatic rings. The fraction of sp³-hybridized carbons (Fsp3) is 0.269. The molecule has 0 saturated carbocycles. The zero-order valence-corrected chi connectivity index (χ0v) is 18.9. The highest BCUT2D eigenvalue weighted by Gasteiger charge is 2.49. The number of piperidine rings is 1. The van der Waals surface area contributed by atoms with Crippen molar-refractivity contribution in [1.29, 1.82) is 0 Å². The molecule has 1 fully saturated rings. The molecule has 6 nitrogen and oxygen atoms in total. The van der Waals surface area contributed by atoms with Crippen LogP contribution in [0.4, 0.5) is 4.39 Å². The minimum absolute atomic E-state index is 0.222. The van der Waals surface area contributed by atoms with Gasteiger partial charge in [-0.1, -0.05) is 18.2 Å². The van der Waals surface area contributed by atoms with Crippen LogP contribution in [0.2, 0.25) is 0 Å². The quantitative estimate of drug-likeness (QED) is 0.587. The Hall–Kier alpha value is -3.74. The third-order valence-electron chi connectivity index (χ3n) is 6.48. The normalized spacial score (nSPS) is 21.3. The van der Waals surface area contributed by atoms with E-state index >= 15 is 0 Å². The number of ether oxygens (including phenoxy) is 1. The van der Waals surface area contributed by atoms with Crippen LogP contribution in [0.25, 0.3) is 11.8 Å². The predicted octanol–water partition coefficient (Wildman–Crippen LogP) is 4.66. The van der Waals surface area contributed by atoms with Crippen LogP contribution in [0.3, 0.4) is 0 Å². The number of fused-ring (bicyclic) bond motifs is 1. The Morgan fingerprint density at radius 2 is 1.97 bits per heavy atom. The van der Waals surface area contributed by atoms with Crippen molar-refractivity contribution < 1.29 is 13.9 Å². The smallest absolute Gasteiger partial charge is 0.277 e. The number of benzene rings is 2. The molecule has 33 heavy (non-hydrogen) atoms. The standard InChI is InChI=1S/C26H25FN4O2/c1-17-15-30(16-28-17)22-11-6-18(14-23(22)33-3)13-19-5-4-12-31-24(19)29-25(32)26(31,2)20-7-9-21(27)10-8-20/h6-11,13-16H,4-5,12H2,1-3H3/b19-13-. The summed E-state index contributed by atoms with van der Waals surface area (Å²) in [5.41, 5.74) is 3.63. The van der Waals surface area contributed by atoms with Crippen LogP contribution < -0.4 is 4.74 Å². The first kappa shape index (κ1) is 21.1. The maximum Gasteiger partial charge on any atom is 0.277 e. The van der Waals surface area contributed by atoms with Gasteiger partial charge >= 0.3 is 0 Å². The Morgan fingerprint density at radius 1 is 1.18 bits per heavy atom. The topological polar surface area (TPSA) is 59.7 Å². The molecule has 7 heteroatoms. The number of imidazole rings is 1. The van der Waals surface area contributed by atoms with E-state index in [-0.39, 0.29) is 11.7 Å². The number of aromatic nitrogens is 2. The number of carbonyl (C=O) groups excluding carboxylic acids is 1.